The normalized spacial score (nSPS) is 14.1. The standard InChI is InChI=1S/C12H12ClNO4/c13-8-2-1-3-9(11(8)12(16)17)18-6-10(15)14-7-4-5-7/h1-3,7H,4-6H2,(H,14,15)(H,16,17). The van der Waals surface area contributed by atoms with Gasteiger partial charge in [-0.2, -0.15) is 0 Å². The number of carboxylic acid groups (broad SMARTS) is 1. The molecule has 1 saturated carbocycles. The molecule has 0 radical (unpaired) electrons. The molecule has 6 heteroatoms. The van der Waals surface area contributed by atoms with Crippen molar-refractivity contribution in [2.75, 3.05) is 6.61 Å². The molecular weight excluding hydrogens is 258 g/mol. The molecule has 18 heavy (non-hydrogen) atoms. The summed E-state index contributed by atoms with van der Waals surface area (Å²) in [6.45, 7) is -0.211. The van der Waals surface area contributed by atoms with E-state index in [-0.39, 0.29) is 34.9 Å². The highest BCUT2D eigenvalue weighted by atomic mass is 35.5. The van der Waals surface area contributed by atoms with Crippen LogP contribution < -0.4 is 10.1 Å². The van der Waals surface area contributed by atoms with Gasteiger partial charge in [0.05, 0.1) is 5.02 Å². The van der Waals surface area contributed by atoms with Crippen molar-refractivity contribution in [1.29, 1.82) is 0 Å². The minimum absolute atomic E-state index is 0.0857. The highest BCUT2D eigenvalue weighted by molar-refractivity contribution is 6.33. The van der Waals surface area contributed by atoms with E-state index in [1.54, 1.807) is 6.07 Å². The van der Waals surface area contributed by atoms with E-state index in [4.69, 9.17) is 21.4 Å². The molecule has 0 atom stereocenters. The molecule has 1 aromatic carbocycles. The fourth-order valence-electron chi connectivity index (χ4n) is 1.47. The van der Waals surface area contributed by atoms with E-state index in [0.717, 1.165) is 12.8 Å². The number of halogens is 1. The predicted molar refractivity (Wildman–Crippen MR) is 65.1 cm³/mol. The van der Waals surface area contributed by atoms with E-state index >= 15 is 0 Å². The number of benzene rings is 1. The lowest BCUT2D eigenvalue weighted by Gasteiger charge is -2.10. The first-order chi connectivity index (χ1) is 8.58. The summed E-state index contributed by atoms with van der Waals surface area (Å²) in [6, 6.07) is 4.75. The van der Waals surface area contributed by atoms with E-state index in [9.17, 15) is 9.59 Å². The third kappa shape index (κ3) is 3.13. The smallest absolute Gasteiger partial charge is 0.341 e. The average Bonchev–Trinajstić information content (AvgIpc) is 3.09. The average molecular weight is 270 g/mol. The van der Waals surface area contributed by atoms with Gasteiger partial charge in [-0.1, -0.05) is 17.7 Å². The molecule has 0 unspecified atom stereocenters. The second kappa shape index (κ2) is 5.27. The lowest BCUT2D eigenvalue weighted by Crippen LogP contribution is -2.30. The Kier molecular flexibility index (Phi) is 3.72. The summed E-state index contributed by atoms with van der Waals surface area (Å²) in [5.41, 5.74) is -0.126. The molecule has 0 bridgehead atoms. The number of carboxylic acids is 1. The van der Waals surface area contributed by atoms with Crippen LogP contribution in [0.4, 0.5) is 0 Å². The van der Waals surface area contributed by atoms with Gasteiger partial charge in [0.1, 0.15) is 11.3 Å². The van der Waals surface area contributed by atoms with Gasteiger partial charge in [-0.15, -0.1) is 0 Å². The molecule has 1 amide bonds. The summed E-state index contributed by atoms with van der Waals surface area (Å²) in [4.78, 5) is 22.4. The van der Waals surface area contributed by atoms with Crippen molar-refractivity contribution in [2.45, 2.75) is 18.9 Å². The van der Waals surface area contributed by atoms with Crippen LogP contribution in [-0.2, 0) is 4.79 Å². The molecule has 0 heterocycles. The number of nitrogens with one attached hydrogen (secondary N) is 1. The van der Waals surface area contributed by atoms with Crippen molar-refractivity contribution in [1.82, 2.24) is 5.32 Å². The first kappa shape index (κ1) is 12.7. The van der Waals surface area contributed by atoms with Gasteiger partial charge in [-0.25, -0.2) is 4.79 Å². The molecular formula is C12H12ClNO4. The topological polar surface area (TPSA) is 75.6 Å². The molecule has 2 N–H and O–H groups in total. The summed E-state index contributed by atoms with van der Waals surface area (Å²) < 4.78 is 5.19. The van der Waals surface area contributed by atoms with Crippen molar-refractivity contribution in [2.24, 2.45) is 0 Å². The zero-order chi connectivity index (χ0) is 13.1. The molecule has 96 valence electrons. The van der Waals surface area contributed by atoms with E-state index < -0.39 is 5.97 Å². The Hall–Kier alpha value is -1.75. The van der Waals surface area contributed by atoms with Crippen molar-refractivity contribution in [3.8, 4) is 5.75 Å². The van der Waals surface area contributed by atoms with Gasteiger partial charge in [-0.05, 0) is 25.0 Å². The van der Waals surface area contributed by atoms with Gasteiger partial charge in [0.2, 0.25) is 0 Å². The molecule has 0 spiro atoms. The fraction of sp³-hybridized carbons (Fsp3) is 0.333. The summed E-state index contributed by atoms with van der Waals surface area (Å²) in [6.07, 6.45) is 1.98. The Morgan fingerprint density at radius 3 is 2.78 bits per heavy atom. The Morgan fingerprint density at radius 1 is 1.44 bits per heavy atom. The Labute approximate surface area is 109 Å². The maximum absolute atomic E-state index is 11.4. The van der Waals surface area contributed by atoms with E-state index in [2.05, 4.69) is 5.32 Å². The SMILES string of the molecule is O=C(COc1cccc(Cl)c1C(=O)O)NC1CC1. The van der Waals surface area contributed by atoms with Crippen LogP contribution in [0, 0.1) is 0 Å². The summed E-state index contributed by atoms with van der Waals surface area (Å²) >= 11 is 5.77. The molecule has 0 saturated heterocycles. The minimum atomic E-state index is -1.18. The number of rotatable bonds is 5. The predicted octanol–water partition coefficient (Wildman–Crippen LogP) is 1.70. The fourth-order valence-corrected chi connectivity index (χ4v) is 1.72. The second-order valence-corrected chi connectivity index (χ2v) is 4.46. The van der Waals surface area contributed by atoms with Gasteiger partial charge in [0.15, 0.2) is 6.61 Å². The zero-order valence-electron chi connectivity index (χ0n) is 9.48. The van der Waals surface area contributed by atoms with Crippen molar-refractivity contribution in [3.63, 3.8) is 0 Å². The number of carbonyl (C=O) groups excluding carboxylic acids is 1. The van der Waals surface area contributed by atoms with Crippen molar-refractivity contribution < 1.29 is 19.4 Å². The zero-order valence-corrected chi connectivity index (χ0v) is 10.2. The largest absolute Gasteiger partial charge is 0.483 e. The van der Waals surface area contributed by atoms with Crippen LogP contribution in [0.2, 0.25) is 5.02 Å². The second-order valence-electron chi connectivity index (χ2n) is 4.05. The van der Waals surface area contributed by atoms with Gasteiger partial charge >= 0.3 is 5.97 Å². The number of amides is 1. The van der Waals surface area contributed by atoms with Gasteiger partial charge in [-0.3, -0.25) is 4.79 Å². The van der Waals surface area contributed by atoms with Crippen molar-refractivity contribution in [3.05, 3.63) is 28.8 Å². The summed E-state index contributed by atoms with van der Waals surface area (Å²) in [5, 5.41) is 11.8. The monoisotopic (exact) mass is 269 g/mol. The van der Waals surface area contributed by atoms with Crippen LogP contribution in [0.25, 0.3) is 0 Å². The van der Waals surface area contributed by atoms with Crippen LogP contribution in [0.1, 0.15) is 23.2 Å². The van der Waals surface area contributed by atoms with Gasteiger partial charge < -0.3 is 15.2 Å². The quantitative estimate of drug-likeness (QED) is 0.853. The maximum atomic E-state index is 11.4. The third-order valence-corrected chi connectivity index (χ3v) is 2.81. The van der Waals surface area contributed by atoms with E-state index in [1.165, 1.54) is 12.1 Å². The molecule has 1 aliphatic carbocycles. The van der Waals surface area contributed by atoms with E-state index in [0.29, 0.717) is 0 Å². The summed E-state index contributed by atoms with van der Waals surface area (Å²) in [5.74, 6) is -1.34. The van der Waals surface area contributed by atoms with Crippen LogP contribution in [0.15, 0.2) is 18.2 Å². The minimum Gasteiger partial charge on any atom is -0.483 e. The Morgan fingerprint density at radius 2 is 2.17 bits per heavy atom. The first-order valence-electron chi connectivity index (χ1n) is 5.52. The molecule has 2 rings (SSSR count). The molecule has 5 nitrogen and oxygen atoms in total. The lowest BCUT2D eigenvalue weighted by molar-refractivity contribution is -0.123. The first-order valence-corrected chi connectivity index (χ1v) is 5.89. The number of carbonyl (C=O) groups is 2. The summed E-state index contributed by atoms with van der Waals surface area (Å²) in [7, 11) is 0. The third-order valence-electron chi connectivity index (χ3n) is 2.49. The number of ether oxygens (including phenoxy) is 1. The van der Waals surface area contributed by atoms with Crippen LogP contribution in [0.5, 0.6) is 5.75 Å². The van der Waals surface area contributed by atoms with E-state index in [1.807, 2.05) is 0 Å². The Balaban J connectivity index is 2.01. The van der Waals surface area contributed by atoms with Gasteiger partial charge in [0, 0.05) is 6.04 Å². The maximum Gasteiger partial charge on any atom is 0.341 e. The molecule has 1 aliphatic rings. The van der Waals surface area contributed by atoms with Crippen LogP contribution >= 0.6 is 11.6 Å². The number of aromatic carboxylic acids is 1. The van der Waals surface area contributed by atoms with Gasteiger partial charge in [0.25, 0.3) is 5.91 Å². The molecule has 0 aliphatic heterocycles. The number of hydrogen-bond acceptors (Lipinski definition) is 3. The number of hydrogen-bond donors (Lipinski definition) is 2. The Bertz CT molecular complexity index is 485. The molecule has 1 fully saturated rings. The van der Waals surface area contributed by atoms with Crippen molar-refractivity contribution >= 4 is 23.5 Å². The van der Waals surface area contributed by atoms with Crippen LogP contribution in [-0.4, -0.2) is 29.6 Å². The van der Waals surface area contributed by atoms with Crippen LogP contribution in [0.3, 0.4) is 0 Å². The molecule has 0 aromatic heterocycles. The highest BCUT2D eigenvalue weighted by Gasteiger charge is 2.23. The molecule has 1 aromatic rings. The highest BCUT2D eigenvalue weighted by Crippen LogP contribution is 2.26. The lowest BCUT2D eigenvalue weighted by atomic mass is 10.2.